The second-order valence-corrected chi connectivity index (χ2v) is 7.02. The Balaban J connectivity index is 3.20. The molecule has 0 aromatic heterocycles. The van der Waals surface area contributed by atoms with E-state index in [9.17, 15) is 0 Å². The Kier molecular flexibility index (Phi) is 7.84. The van der Waals surface area contributed by atoms with Gasteiger partial charge in [-0.25, -0.2) is 0 Å². The lowest BCUT2D eigenvalue weighted by Gasteiger charge is -2.38. The summed E-state index contributed by atoms with van der Waals surface area (Å²) in [5.41, 5.74) is 1.17. The topological polar surface area (TPSA) is 40.2 Å². The molecule has 0 spiro atoms. The average molecular weight is 339 g/mol. The minimum absolute atomic E-state index is 0.153. The number of rotatable bonds is 9. The third-order valence-corrected chi connectivity index (χ3v) is 4.56. The van der Waals surface area contributed by atoms with Crippen molar-refractivity contribution in [3.05, 3.63) is 17.7 Å². The molecule has 5 nitrogen and oxygen atoms in total. The van der Waals surface area contributed by atoms with Crippen molar-refractivity contribution in [1.29, 1.82) is 0 Å². The molecule has 138 valence electrons. The number of benzene rings is 1. The third-order valence-electron chi connectivity index (χ3n) is 4.56. The Hall–Kier alpha value is -1.46. The highest BCUT2D eigenvalue weighted by Gasteiger charge is 2.28. The maximum atomic E-state index is 5.58. The molecule has 0 saturated heterocycles. The zero-order valence-corrected chi connectivity index (χ0v) is 16.4. The van der Waals surface area contributed by atoms with Crippen LogP contribution >= 0.6 is 0 Å². The summed E-state index contributed by atoms with van der Waals surface area (Å²) in [6, 6.07) is 4.16. The van der Waals surface area contributed by atoms with E-state index in [1.807, 2.05) is 12.1 Å². The highest BCUT2D eigenvalue weighted by Crippen LogP contribution is 2.36. The van der Waals surface area contributed by atoms with Gasteiger partial charge in [0.2, 0.25) is 0 Å². The van der Waals surface area contributed by atoms with Crippen LogP contribution in [0.3, 0.4) is 0 Å². The minimum Gasteiger partial charge on any atom is -0.496 e. The van der Waals surface area contributed by atoms with Gasteiger partial charge in [-0.15, -0.1) is 0 Å². The molecule has 1 aromatic rings. The molecule has 0 fully saturated rings. The lowest BCUT2D eigenvalue weighted by atomic mass is 9.86. The molecule has 1 rings (SSSR count). The van der Waals surface area contributed by atoms with Gasteiger partial charge < -0.3 is 18.9 Å². The lowest BCUT2D eigenvalue weighted by molar-refractivity contribution is 0.0698. The number of methoxy groups -OCH3 is 4. The Bertz CT molecular complexity index is 486. The molecular formula is C19H33NO4. The maximum Gasteiger partial charge on any atom is 0.130 e. The first-order valence-corrected chi connectivity index (χ1v) is 8.30. The van der Waals surface area contributed by atoms with Gasteiger partial charge in [-0.2, -0.15) is 0 Å². The van der Waals surface area contributed by atoms with Gasteiger partial charge in [0.15, 0.2) is 0 Å². The lowest BCUT2D eigenvalue weighted by Crippen LogP contribution is -2.43. The Morgan fingerprint density at radius 3 is 1.88 bits per heavy atom. The average Bonchev–Trinajstić information content (AvgIpc) is 2.56. The van der Waals surface area contributed by atoms with Gasteiger partial charge in [0.1, 0.15) is 17.2 Å². The van der Waals surface area contributed by atoms with E-state index in [0.717, 1.165) is 35.9 Å². The predicted octanol–water partition coefficient (Wildman–Crippen LogP) is 3.60. The van der Waals surface area contributed by atoms with Crippen molar-refractivity contribution in [3.8, 4) is 17.2 Å². The first-order valence-electron chi connectivity index (χ1n) is 8.30. The SMILES string of the molecule is COCCN(Cc1c(OC)cc(OC)cc1OC)C(C)C(C)(C)C. The number of nitrogens with zero attached hydrogens (tertiary/aromatic N) is 1. The van der Waals surface area contributed by atoms with Crippen LogP contribution in [0.25, 0.3) is 0 Å². The first-order chi connectivity index (χ1) is 11.3. The van der Waals surface area contributed by atoms with E-state index in [0.29, 0.717) is 12.6 Å². The quantitative estimate of drug-likeness (QED) is 0.687. The van der Waals surface area contributed by atoms with Crippen LogP contribution in [0.2, 0.25) is 0 Å². The number of hydrogen-bond acceptors (Lipinski definition) is 5. The summed E-state index contributed by atoms with van der Waals surface area (Å²) in [7, 11) is 6.71. The Morgan fingerprint density at radius 1 is 0.958 bits per heavy atom. The second kappa shape index (κ2) is 9.14. The summed E-state index contributed by atoms with van der Waals surface area (Å²) in [5.74, 6) is 2.27. The van der Waals surface area contributed by atoms with Crippen LogP contribution in [0.5, 0.6) is 17.2 Å². The number of ether oxygens (including phenoxy) is 4. The molecule has 0 heterocycles. The van der Waals surface area contributed by atoms with Crippen LogP contribution in [-0.4, -0.2) is 52.5 Å². The molecule has 5 heteroatoms. The van der Waals surface area contributed by atoms with E-state index in [-0.39, 0.29) is 5.41 Å². The molecule has 0 bridgehead atoms. The highest BCUT2D eigenvalue weighted by atomic mass is 16.5. The minimum atomic E-state index is 0.153. The van der Waals surface area contributed by atoms with Crippen LogP contribution < -0.4 is 14.2 Å². The molecule has 0 aliphatic carbocycles. The molecule has 1 unspecified atom stereocenters. The molecule has 0 saturated carbocycles. The third kappa shape index (κ3) is 5.28. The number of hydrogen-bond donors (Lipinski definition) is 0. The second-order valence-electron chi connectivity index (χ2n) is 7.02. The molecule has 24 heavy (non-hydrogen) atoms. The van der Waals surface area contributed by atoms with Crippen molar-refractivity contribution in [3.63, 3.8) is 0 Å². The van der Waals surface area contributed by atoms with Crippen molar-refractivity contribution in [2.45, 2.75) is 40.3 Å². The smallest absolute Gasteiger partial charge is 0.130 e. The van der Waals surface area contributed by atoms with Crippen molar-refractivity contribution in [2.75, 3.05) is 41.6 Å². The van der Waals surface area contributed by atoms with E-state index < -0.39 is 0 Å². The van der Waals surface area contributed by atoms with Gasteiger partial charge in [0.25, 0.3) is 0 Å². The summed E-state index contributed by atoms with van der Waals surface area (Å²) in [5, 5.41) is 0. The van der Waals surface area contributed by atoms with Crippen LogP contribution in [0.15, 0.2) is 12.1 Å². The summed E-state index contributed by atoms with van der Waals surface area (Å²) in [6.45, 7) is 11.2. The van der Waals surface area contributed by atoms with Gasteiger partial charge in [-0.1, -0.05) is 20.8 Å². The van der Waals surface area contributed by atoms with Crippen LogP contribution in [0.1, 0.15) is 33.3 Å². The van der Waals surface area contributed by atoms with E-state index in [1.165, 1.54) is 0 Å². The van der Waals surface area contributed by atoms with Crippen LogP contribution in [-0.2, 0) is 11.3 Å². The standard InChI is InChI=1S/C19H33NO4/c1-14(19(2,3)4)20(9-10-21-5)13-16-17(23-7)11-15(22-6)12-18(16)24-8/h11-12,14H,9-10,13H2,1-8H3. The summed E-state index contributed by atoms with van der Waals surface area (Å²) in [6.07, 6.45) is 0. The van der Waals surface area contributed by atoms with Crippen molar-refractivity contribution >= 4 is 0 Å². The van der Waals surface area contributed by atoms with Gasteiger partial charge in [-0.3, -0.25) is 4.90 Å². The predicted molar refractivity (Wildman–Crippen MR) is 97.3 cm³/mol. The van der Waals surface area contributed by atoms with Crippen LogP contribution in [0, 0.1) is 5.41 Å². The van der Waals surface area contributed by atoms with Crippen molar-refractivity contribution in [1.82, 2.24) is 4.90 Å². The van der Waals surface area contributed by atoms with Gasteiger partial charge in [0.05, 0.1) is 33.5 Å². The zero-order valence-electron chi connectivity index (χ0n) is 16.4. The molecule has 1 aromatic carbocycles. The maximum absolute atomic E-state index is 5.58. The molecule has 0 N–H and O–H groups in total. The fourth-order valence-corrected chi connectivity index (χ4v) is 2.60. The molecular weight excluding hydrogens is 306 g/mol. The largest absolute Gasteiger partial charge is 0.496 e. The van der Waals surface area contributed by atoms with Crippen molar-refractivity contribution in [2.24, 2.45) is 5.41 Å². The monoisotopic (exact) mass is 339 g/mol. The Morgan fingerprint density at radius 2 is 1.50 bits per heavy atom. The van der Waals surface area contributed by atoms with Crippen molar-refractivity contribution < 1.29 is 18.9 Å². The van der Waals surface area contributed by atoms with E-state index in [4.69, 9.17) is 18.9 Å². The van der Waals surface area contributed by atoms with E-state index in [1.54, 1.807) is 28.4 Å². The fraction of sp³-hybridized carbons (Fsp3) is 0.684. The normalized spacial score (nSPS) is 13.0. The molecule has 0 aliphatic rings. The summed E-state index contributed by atoms with van der Waals surface area (Å²) in [4.78, 5) is 2.40. The van der Waals surface area contributed by atoms with E-state index in [2.05, 4.69) is 32.6 Å². The van der Waals surface area contributed by atoms with E-state index >= 15 is 0 Å². The van der Waals surface area contributed by atoms with Crippen LogP contribution in [0.4, 0.5) is 0 Å². The molecule has 0 aliphatic heterocycles. The highest BCUT2D eigenvalue weighted by molar-refractivity contribution is 5.50. The molecule has 0 radical (unpaired) electrons. The van der Waals surface area contributed by atoms with Gasteiger partial charge in [0, 0.05) is 38.4 Å². The summed E-state index contributed by atoms with van der Waals surface area (Å²) < 4.78 is 21.8. The zero-order chi connectivity index (χ0) is 18.3. The molecule has 0 amide bonds. The van der Waals surface area contributed by atoms with Gasteiger partial charge in [-0.05, 0) is 12.3 Å². The first kappa shape index (κ1) is 20.6. The van der Waals surface area contributed by atoms with Gasteiger partial charge >= 0.3 is 0 Å². The fourth-order valence-electron chi connectivity index (χ4n) is 2.60. The summed E-state index contributed by atoms with van der Waals surface area (Å²) >= 11 is 0. The Labute approximate surface area is 146 Å². The molecule has 1 atom stereocenters.